The van der Waals surface area contributed by atoms with Gasteiger partial charge in [-0.15, -0.1) is 0 Å². The third-order valence-electron chi connectivity index (χ3n) is 2.49. The minimum absolute atomic E-state index is 0.0787. The van der Waals surface area contributed by atoms with Gasteiger partial charge in [0.1, 0.15) is 11.0 Å². The quantitative estimate of drug-likeness (QED) is 0.574. The fourth-order valence-electron chi connectivity index (χ4n) is 1.73. The molecule has 0 N–H and O–H groups in total. The van der Waals surface area contributed by atoms with Crippen molar-refractivity contribution in [3.05, 3.63) is 20.7 Å². The summed E-state index contributed by atoms with van der Waals surface area (Å²) in [5, 5.41) is 0.343. The van der Waals surface area contributed by atoms with Crippen molar-refractivity contribution in [1.82, 2.24) is 9.97 Å². The van der Waals surface area contributed by atoms with Crippen molar-refractivity contribution < 1.29 is 8.78 Å². The van der Waals surface area contributed by atoms with Crippen molar-refractivity contribution in [3.8, 4) is 0 Å². The number of alkyl halides is 2. The fraction of sp³-hybridized carbons (Fsp3) is 0.556. The summed E-state index contributed by atoms with van der Waals surface area (Å²) in [4.78, 5) is 8.08. The molecule has 1 fully saturated rings. The molecule has 0 amide bonds. The number of nitrogens with zero attached hydrogens (tertiary/aromatic N) is 2. The second kappa shape index (κ2) is 4.08. The Morgan fingerprint density at radius 1 is 1.53 bits per heavy atom. The second-order valence-electron chi connectivity index (χ2n) is 3.66. The van der Waals surface area contributed by atoms with Gasteiger partial charge in [-0.05, 0) is 29.0 Å². The average molecular weight is 345 g/mol. The maximum absolute atomic E-state index is 13.0. The van der Waals surface area contributed by atoms with Crippen LogP contribution in [0, 0.1) is 3.57 Å². The van der Waals surface area contributed by atoms with E-state index in [2.05, 4.69) is 9.97 Å². The molecule has 0 spiro atoms. The van der Waals surface area contributed by atoms with E-state index in [1.807, 2.05) is 22.6 Å². The second-order valence-corrected chi connectivity index (χ2v) is 5.18. The van der Waals surface area contributed by atoms with Crippen molar-refractivity contribution in [2.24, 2.45) is 0 Å². The summed E-state index contributed by atoms with van der Waals surface area (Å²) in [6, 6.07) is 0. The third kappa shape index (κ3) is 2.55. The van der Waals surface area contributed by atoms with Gasteiger partial charge in [0.25, 0.3) is 0 Å². The maximum atomic E-state index is 13.0. The lowest BCUT2D eigenvalue weighted by molar-refractivity contribution is 0.00754. The highest BCUT2D eigenvalue weighted by Gasteiger charge is 2.41. The number of hydrogen-bond acceptors (Lipinski definition) is 2. The van der Waals surface area contributed by atoms with Gasteiger partial charge in [-0.3, -0.25) is 0 Å². The molecular formula is C9H8ClF2IN2. The molecule has 0 radical (unpaired) electrons. The first-order valence-corrected chi connectivity index (χ1v) is 5.99. The molecule has 1 aliphatic carbocycles. The standard InChI is InChI=1S/C9H8ClF2IN2/c10-7-6(13)4-14-8(15-7)5-1-2-9(11,12)3-5/h4-5H,1-3H2. The fourth-order valence-corrected chi connectivity index (χ4v) is 2.12. The smallest absolute Gasteiger partial charge is 0.240 e. The molecule has 0 aliphatic heterocycles. The van der Waals surface area contributed by atoms with Gasteiger partial charge >= 0.3 is 0 Å². The molecule has 0 saturated heterocycles. The van der Waals surface area contributed by atoms with E-state index in [1.165, 1.54) is 0 Å². The molecule has 1 aromatic rings. The normalized spacial score (nSPS) is 24.4. The Hall–Kier alpha value is -0.0400. The minimum atomic E-state index is -2.57. The van der Waals surface area contributed by atoms with Gasteiger partial charge in [0.05, 0.1) is 3.57 Å². The lowest BCUT2D eigenvalue weighted by Crippen LogP contribution is -2.10. The van der Waals surface area contributed by atoms with Crippen molar-refractivity contribution >= 4 is 34.2 Å². The summed E-state index contributed by atoms with van der Waals surface area (Å²) in [7, 11) is 0. The molecule has 1 saturated carbocycles. The zero-order chi connectivity index (χ0) is 11.1. The molecule has 2 rings (SSSR count). The molecular weight excluding hydrogens is 336 g/mol. The summed E-state index contributed by atoms with van der Waals surface area (Å²) < 4.78 is 26.7. The lowest BCUT2D eigenvalue weighted by Gasteiger charge is -2.09. The Morgan fingerprint density at radius 2 is 2.27 bits per heavy atom. The van der Waals surface area contributed by atoms with E-state index < -0.39 is 5.92 Å². The predicted octanol–water partition coefficient (Wildman–Crippen LogP) is 3.64. The van der Waals surface area contributed by atoms with Crippen LogP contribution in [0.1, 0.15) is 31.0 Å². The lowest BCUT2D eigenvalue weighted by atomic mass is 10.1. The summed E-state index contributed by atoms with van der Waals surface area (Å²) >= 11 is 7.82. The highest BCUT2D eigenvalue weighted by atomic mass is 127. The molecule has 2 nitrogen and oxygen atoms in total. The zero-order valence-corrected chi connectivity index (χ0v) is 10.6. The molecule has 82 valence electrons. The van der Waals surface area contributed by atoms with Crippen LogP contribution in [0.5, 0.6) is 0 Å². The summed E-state index contributed by atoms with van der Waals surface area (Å²) in [5.41, 5.74) is 0. The monoisotopic (exact) mass is 344 g/mol. The molecule has 15 heavy (non-hydrogen) atoms. The number of rotatable bonds is 1. The molecule has 1 aromatic heterocycles. The Morgan fingerprint density at radius 3 is 2.80 bits per heavy atom. The van der Waals surface area contributed by atoms with Gasteiger partial charge in [-0.25, -0.2) is 18.7 Å². The van der Waals surface area contributed by atoms with E-state index in [4.69, 9.17) is 11.6 Å². The molecule has 1 atom stereocenters. The van der Waals surface area contributed by atoms with E-state index in [0.29, 0.717) is 17.4 Å². The van der Waals surface area contributed by atoms with E-state index in [-0.39, 0.29) is 18.8 Å². The zero-order valence-electron chi connectivity index (χ0n) is 7.68. The van der Waals surface area contributed by atoms with Crippen LogP contribution >= 0.6 is 34.2 Å². The van der Waals surface area contributed by atoms with Crippen LogP contribution in [0.2, 0.25) is 5.15 Å². The van der Waals surface area contributed by atoms with Crippen LogP contribution in [0.4, 0.5) is 8.78 Å². The molecule has 0 bridgehead atoms. The van der Waals surface area contributed by atoms with E-state index >= 15 is 0 Å². The van der Waals surface area contributed by atoms with Crippen molar-refractivity contribution in [1.29, 1.82) is 0 Å². The molecule has 1 heterocycles. The molecule has 0 aromatic carbocycles. The van der Waals surface area contributed by atoms with Crippen molar-refractivity contribution in [2.75, 3.05) is 0 Å². The number of aromatic nitrogens is 2. The van der Waals surface area contributed by atoms with Gasteiger partial charge in [0.15, 0.2) is 0 Å². The van der Waals surface area contributed by atoms with Crippen LogP contribution in [0.3, 0.4) is 0 Å². The van der Waals surface area contributed by atoms with Gasteiger partial charge in [-0.1, -0.05) is 11.6 Å². The first kappa shape index (κ1) is 11.4. The first-order valence-electron chi connectivity index (χ1n) is 4.54. The number of hydrogen-bond donors (Lipinski definition) is 0. The van der Waals surface area contributed by atoms with E-state index in [9.17, 15) is 8.78 Å². The van der Waals surface area contributed by atoms with Crippen LogP contribution in [-0.2, 0) is 0 Å². The Labute approximate surface area is 105 Å². The Bertz CT molecular complexity index is 386. The topological polar surface area (TPSA) is 25.8 Å². The largest absolute Gasteiger partial charge is 0.248 e. The highest BCUT2D eigenvalue weighted by molar-refractivity contribution is 14.1. The summed E-state index contributed by atoms with van der Waals surface area (Å²) in [6.07, 6.45) is 1.76. The molecule has 1 unspecified atom stereocenters. The predicted molar refractivity (Wildman–Crippen MR) is 61.3 cm³/mol. The first-order chi connectivity index (χ1) is 6.98. The average Bonchev–Trinajstić information content (AvgIpc) is 2.51. The number of halogens is 4. The Balaban J connectivity index is 2.21. The van der Waals surface area contributed by atoms with Gasteiger partial charge in [0.2, 0.25) is 5.92 Å². The van der Waals surface area contributed by atoms with Gasteiger partial charge < -0.3 is 0 Å². The third-order valence-corrected chi connectivity index (χ3v) is 3.89. The molecule has 1 aliphatic rings. The SMILES string of the molecule is FC1(F)CCC(c2ncc(I)c(Cl)n2)C1. The van der Waals surface area contributed by atoms with E-state index in [0.717, 1.165) is 3.57 Å². The van der Waals surface area contributed by atoms with Crippen molar-refractivity contribution in [3.63, 3.8) is 0 Å². The van der Waals surface area contributed by atoms with Gasteiger partial charge in [0, 0.05) is 25.0 Å². The van der Waals surface area contributed by atoms with Crippen LogP contribution in [0.15, 0.2) is 6.20 Å². The van der Waals surface area contributed by atoms with Gasteiger partial charge in [-0.2, -0.15) is 0 Å². The maximum Gasteiger partial charge on any atom is 0.248 e. The van der Waals surface area contributed by atoms with E-state index in [1.54, 1.807) is 6.20 Å². The van der Waals surface area contributed by atoms with Crippen molar-refractivity contribution in [2.45, 2.75) is 31.1 Å². The van der Waals surface area contributed by atoms with Crippen LogP contribution in [0.25, 0.3) is 0 Å². The minimum Gasteiger partial charge on any atom is -0.240 e. The van der Waals surface area contributed by atoms with Crippen LogP contribution < -0.4 is 0 Å². The highest BCUT2D eigenvalue weighted by Crippen LogP contribution is 2.43. The van der Waals surface area contributed by atoms with Crippen LogP contribution in [-0.4, -0.2) is 15.9 Å². The Kier molecular flexibility index (Phi) is 3.12. The summed E-state index contributed by atoms with van der Waals surface area (Å²) in [6.45, 7) is 0. The molecule has 6 heteroatoms. The summed E-state index contributed by atoms with van der Waals surface area (Å²) in [5.74, 6) is -2.38.